The zero-order chi connectivity index (χ0) is 24.5. The Labute approximate surface area is 202 Å². The SMILES string of the molecule is COc1ccc(CN2C(=O)NC(CC(=O)NC3CCCc4c3[nH]c3ccccc43)C2=O)cc1OC. The molecule has 0 saturated carbocycles. The molecular formula is C26H28N4O5. The zero-order valence-corrected chi connectivity index (χ0v) is 19.7. The van der Waals surface area contributed by atoms with Gasteiger partial charge in [0, 0.05) is 16.6 Å². The second-order valence-corrected chi connectivity index (χ2v) is 8.90. The van der Waals surface area contributed by atoms with Crippen LogP contribution in [0.5, 0.6) is 11.5 Å². The third-order valence-corrected chi connectivity index (χ3v) is 6.74. The molecule has 0 radical (unpaired) electrons. The topological polar surface area (TPSA) is 113 Å². The maximum atomic E-state index is 12.9. The Morgan fingerprint density at radius 3 is 2.71 bits per heavy atom. The highest BCUT2D eigenvalue weighted by Crippen LogP contribution is 2.35. The molecule has 2 atom stereocenters. The number of aromatic amines is 1. The monoisotopic (exact) mass is 476 g/mol. The Bertz CT molecular complexity index is 1300. The summed E-state index contributed by atoms with van der Waals surface area (Å²) in [5.41, 5.74) is 4.04. The number of H-pyrrole nitrogens is 1. The zero-order valence-electron chi connectivity index (χ0n) is 19.7. The van der Waals surface area contributed by atoms with Gasteiger partial charge in [-0.15, -0.1) is 0 Å². The van der Waals surface area contributed by atoms with Crippen LogP contribution in [-0.2, 0) is 22.6 Å². The summed E-state index contributed by atoms with van der Waals surface area (Å²) in [5.74, 6) is 0.378. The number of ether oxygens (including phenoxy) is 2. The van der Waals surface area contributed by atoms with Crippen molar-refractivity contribution in [1.82, 2.24) is 20.5 Å². The molecule has 0 spiro atoms. The largest absolute Gasteiger partial charge is 0.493 e. The molecule has 1 aromatic heterocycles. The van der Waals surface area contributed by atoms with Gasteiger partial charge in [-0.3, -0.25) is 14.5 Å². The van der Waals surface area contributed by atoms with Crippen molar-refractivity contribution in [2.45, 2.75) is 44.3 Å². The fourth-order valence-electron chi connectivity index (χ4n) is 5.02. The summed E-state index contributed by atoms with van der Waals surface area (Å²) < 4.78 is 10.5. The van der Waals surface area contributed by atoms with Crippen molar-refractivity contribution < 1.29 is 23.9 Å². The first-order valence-electron chi connectivity index (χ1n) is 11.7. The van der Waals surface area contributed by atoms with Crippen LogP contribution in [0, 0.1) is 0 Å². The molecule has 1 aliphatic carbocycles. The molecular weight excluding hydrogens is 448 g/mol. The van der Waals surface area contributed by atoms with Gasteiger partial charge in [0.15, 0.2) is 11.5 Å². The second kappa shape index (κ2) is 9.32. The Kier molecular flexibility index (Phi) is 6.07. The van der Waals surface area contributed by atoms with E-state index in [1.54, 1.807) is 18.2 Å². The van der Waals surface area contributed by atoms with Crippen LogP contribution < -0.4 is 20.1 Å². The lowest BCUT2D eigenvalue weighted by Gasteiger charge is -2.24. The second-order valence-electron chi connectivity index (χ2n) is 8.90. The molecule has 2 aromatic carbocycles. The molecule has 3 N–H and O–H groups in total. The van der Waals surface area contributed by atoms with E-state index in [0.29, 0.717) is 17.1 Å². The smallest absolute Gasteiger partial charge is 0.325 e. The number of para-hydroxylation sites is 1. The Balaban J connectivity index is 1.24. The molecule has 1 aliphatic heterocycles. The molecule has 9 heteroatoms. The van der Waals surface area contributed by atoms with Crippen molar-refractivity contribution in [3.05, 3.63) is 59.3 Å². The molecule has 4 amide bonds. The van der Waals surface area contributed by atoms with Crippen LogP contribution in [-0.4, -0.2) is 48.0 Å². The summed E-state index contributed by atoms with van der Waals surface area (Å²) in [6.45, 7) is 0.0736. The minimum atomic E-state index is -0.895. The molecule has 2 aliphatic rings. The number of carbonyl (C=O) groups is 3. The minimum Gasteiger partial charge on any atom is -0.493 e. The van der Waals surface area contributed by atoms with Gasteiger partial charge < -0.3 is 25.1 Å². The van der Waals surface area contributed by atoms with Gasteiger partial charge in [-0.1, -0.05) is 24.3 Å². The standard InChI is InChI=1S/C26H28N4O5/c1-34-21-11-10-15(12-22(21)35-2)14-30-25(32)20(29-26(30)33)13-23(31)27-19-9-5-7-17-16-6-3-4-8-18(16)28-24(17)19/h3-4,6,8,10-12,19-20,28H,5,7,9,13-14H2,1-2H3,(H,27,31)(H,29,33). The quantitative estimate of drug-likeness (QED) is 0.454. The predicted molar refractivity (Wildman–Crippen MR) is 129 cm³/mol. The lowest BCUT2D eigenvalue weighted by molar-refractivity contribution is -0.131. The third-order valence-electron chi connectivity index (χ3n) is 6.74. The fraction of sp³-hybridized carbons (Fsp3) is 0.346. The molecule has 35 heavy (non-hydrogen) atoms. The first kappa shape index (κ1) is 22.8. The van der Waals surface area contributed by atoms with Crippen LogP contribution in [0.3, 0.4) is 0 Å². The molecule has 9 nitrogen and oxygen atoms in total. The summed E-state index contributed by atoms with van der Waals surface area (Å²) in [6, 6.07) is 11.8. The van der Waals surface area contributed by atoms with E-state index in [-0.39, 0.29) is 24.9 Å². The van der Waals surface area contributed by atoms with Gasteiger partial charge in [0.05, 0.1) is 33.2 Å². The number of hydrogen-bond acceptors (Lipinski definition) is 5. The molecule has 1 fully saturated rings. The number of nitrogens with one attached hydrogen (secondary N) is 3. The van der Waals surface area contributed by atoms with Crippen LogP contribution in [0.15, 0.2) is 42.5 Å². The average molecular weight is 477 g/mol. The Morgan fingerprint density at radius 2 is 1.91 bits per heavy atom. The molecule has 2 unspecified atom stereocenters. The van der Waals surface area contributed by atoms with Crippen molar-refractivity contribution in [1.29, 1.82) is 0 Å². The van der Waals surface area contributed by atoms with Crippen LogP contribution in [0.25, 0.3) is 10.9 Å². The summed E-state index contributed by atoms with van der Waals surface area (Å²) in [5, 5.41) is 6.90. The number of aryl methyl sites for hydroxylation is 1. The van der Waals surface area contributed by atoms with Crippen LogP contribution >= 0.6 is 0 Å². The number of rotatable bonds is 7. The number of fused-ring (bicyclic) bond motifs is 3. The van der Waals surface area contributed by atoms with Gasteiger partial charge in [-0.25, -0.2) is 4.79 Å². The van der Waals surface area contributed by atoms with E-state index < -0.39 is 18.0 Å². The van der Waals surface area contributed by atoms with E-state index in [1.807, 2.05) is 18.2 Å². The summed E-state index contributed by atoms with van der Waals surface area (Å²) in [4.78, 5) is 42.9. The van der Waals surface area contributed by atoms with Gasteiger partial charge in [0.2, 0.25) is 5.91 Å². The number of carbonyl (C=O) groups excluding carboxylic acids is 3. The van der Waals surface area contributed by atoms with E-state index in [1.165, 1.54) is 25.2 Å². The number of urea groups is 1. The van der Waals surface area contributed by atoms with Gasteiger partial charge in [0.1, 0.15) is 6.04 Å². The molecule has 182 valence electrons. The lowest BCUT2D eigenvalue weighted by Crippen LogP contribution is -2.38. The van der Waals surface area contributed by atoms with Crippen LogP contribution in [0.4, 0.5) is 4.79 Å². The van der Waals surface area contributed by atoms with E-state index in [9.17, 15) is 14.4 Å². The highest BCUT2D eigenvalue weighted by molar-refractivity contribution is 6.05. The summed E-state index contributed by atoms with van der Waals surface area (Å²) in [6.07, 6.45) is 2.65. The van der Waals surface area contributed by atoms with E-state index in [2.05, 4.69) is 21.7 Å². The maximum Gasteiger partial charge on any atom is 0.325 e. The molecule has 2 heterocycles. The van der Waals surface area contributed by atoms with E-state index in [4.69, 9.17) is 9.47 Å². The predicted octanol–water partition coefficient (Wildman–Crippen LogP) is 3.19. The van der Waals surface area contributed by atoms with E-state index >= 15 is 0 Å². The average Bonchev–Trinajstić information content (AvgIpc) is 3.37. The number of nitrogens with zero attached hydrogens (tertiary/aromatic N) is 1. The fourth-order valence-corrected chi connectivity index (χ4v) is 5.02. The van der Waals surface area contributed by atoms with E-state index in [0.717, 1.165) is 35.4 Å². The highest BCUT2D eigenvalue weighted by Gasteiger charge is 2.39. The number of aromatic nitrogens is 1. The first-order valence-corrected chi connectivity index (χ1v) is 11.7. The van der Waals surface area contributed by atoms with Crippen molar-refractivity contribution >= 4 is 28.7 Å². The normalized spacial score (nSPS) is 19.4. The first-order chi connectivity index (χ1) is 17.0. The number of methoxy groups -OCH3 is 2. The van der Waals surface area contributed by atoms with Crippen LogP contribution in [0.1, 0.15) is 42.1 Å². The van der Waals surface area contributed by atoms with Gasteiger partial charge in [-0.05, 0) is 48.6 Å². The van der Waals surface area contributed by atoms with Gasteiger partial charge in [-0.2, -0.15) is 0 Å². The number of hydrogen-bond donors (Lipinski definition) is 3. The Hall–Kier alpha value is -4.01. The van der Waals surface area contributed by atoms with Crippen molar-refractivity contribution in [2.75, 3.05) is 14.2 Å². The molecule has 1 saturated heterocycles. The molecule has 5 rings (SSSR count). The molecule has 0 bridgehead atoms. The van der Waals surface area contributed by atoms with Crippen LogP contribution in [0.2, 0.25) is 0 Å². The van der Waals surface area contributed by atoms with Crippen molar-refractivity contribution in [2.24, 2.45) is 0 Å². The van der Waals surface area contributed by atoms with Crippen molar-refractivity contribution in [3.8, 4) is 11.5 Å². The molecule has 3 aromatic rings. The maximum absolute atomic E-state index is 12.9. The number of imide groups is 1. The highest BCUT2D eigenvalue weighted by atomic mass is 16.5. The van der Waals surface area contributed by atoms with Crippen molar-refractivity contribution in [3.63, 3.8) is 0 Å². The number of benzene rings is 2. The minimum absolute atomic E-state index is 0.0736. The Morgan fingerprint density at radius 1 is 1.11 bits per heavy atom. The van der Waals surface area contributed by atoms with Gasteiger partial charge in [0.25, 0.3) is 5.91 Å². The summed E-state index contributed by atoms with van der Waals surface area (Å²) in [7, 11) is 3.06. The third kappa shape index (κ3) is 4.29. The van der Waals surface area contributed by atoms with Gasteiger partial charge >= 0.3 is 6.03 Å². The lowest BCUT2D eigenvalue weighted by atomic mass is 9.91. The summed E-state index contributed by atoms with van der Waals surface area (Å²) >= 11 is 0. The number of amides is 4.